The highest BCUT2D eigenvalue weighted by Gasteiger charge is 2.33. The molecule has 5 heteroatoms. The van der Waals surface area contributed by atoms with Gasteiger partial charge in [-0.2, -0.15) is 11.8 Å². The summed E-state index contributed by atoms with van der Waals surface area (Å²) < 4.78 is 0. The van der Waals surface area contributed by atoms with Gasteiger partial charge in [-0.3, -0.25) is 14.6 Å². The maximum absolute atomic E-state index is 11.9. The Balaban J connectivity index is 1.66. The smallest absolute Gasteiger partial charge is 0.325 e. The lowest BCUT2D eigenvalue weighted by Crippen LogP contribution is -2.49. The third-order valence-corrected chi connectivity index (χ3v) is 6.09. The predicted octanol–water partition coefficient (Wildman–Crippen LogP) is 2.63. The van der Waals surface area contributed by atoms with Gasteiger partial charge in [-0.25, -0.2) is 0 Å². The second kappa shape index (κ2) is 7.69. The molecule has 0 aliphatic carbocycles. The summed E-state index contributed by atoms with van der Waals surface area (Å²) >= 11 is 2.04. The Kier molecular flexibility index (Phi) is 5.62. The van der Waals surface area contributed by atoms with Gasteiger partial charge in [-0.15, -0.1) is 0 Å². The lowest BCUT2D eigenvalue weighted by molar-refractivity contribution is -0.144. The summed E-state index contributed by atoms with van der Waals surface area (Å²) in [7, 11) is 0. The van der Waals surface area contributed by atoms with Crippen LogP contribution in [0.5, 0.6) is 0 Å². The van der Waals surface area contributed by atoms with Crippen molar-refractivity contribution in [2.45, 2.75) is 31.8 Å². The molecular weight excluding hydrogens is 308 g/mol. The fourth-order valence-electron chi connectivity index (χ4n) is 3.83. The molecule has 0 spiro atoms. The first-order valence-corrected chi connectivity index (χ1v) is 9.66. The number of benzene rings is 1. The van der Waals surface area contributed by atoms with Crippen molar-refractivity contribution >= 4 is 17.7 Å². The van der Waals surface area contributed by atoms with Gasteiger partial charge in [-0.1, -0.05) is 24.3 Å². The van der Waals surface area contributed by atoms with Crippen LogP contribution in [-0.2, 0) is 4.79 Å². The van der Waals surface area contributed by atoms with Crippen molar-refractivity contribution in [2.75, 3.05) is 37.7 Å². The standard InChI is InChI=1S/C18H26N2O2S/c1-14-4-2-3-5-16(14)17(18(21)22)20-8-6-15(7-9-20)19-10-12-23-13-11-19/h2-5,15,17H,6-13H2,1H3,(H,21,22). The van der Waals surface area contributed by atoms with E-state index >= 15 is 0 Å². The van der Waals surface area contributed by atoms with E-state index in [9.17, 15) is 9.90 Å². The Morgan fingerprint density at radius 3 is 2.43 bits per heavy atom. The van der Waals surface area contributed by atoms with Crippen LogP contribution in [0.4, 0.5) is 0 Å². The summed E-state index contributed by atoms with van der Waals surface area (Å²) in [5.41, 5.74) is 2.00. The first kappa shape index (κ1) is 16.8. The molecule has 1 N–H and O–H groups in total. The predicted molar refractivity (Wildman–Crippen MR) is 95.0 cm³/mol. The second-order valence-corrected chi connectivity index (χ2v) is 7.74. The fraction of sp³-hybridized carbons (Fsp3) is 0.611. The SMILES string of the molecule is Cc1ccccc1C(C(=O)O)N1CCC(N2CCSCC2)CC1. The van der Waals surface area contributed by atoms with Crippen molar-refractivity contribution in [1.82, 2.24) is 9.80 Å². The lowest BCUT2D eigenvalue weighted by Gasteiger charge is -2.41. The summed E-state index contributed by atoms with van der Waals surface area (Å²) in [4.78, 5) is 16.6. The van der Waals surface area contributed by atoms with Gasteiger partial charge in [0.15, 0.2) is 0 Å². The van der Waals surface area contributed by atoms with Crippen molar-refractivity contribution < 1.29 is 9.90 Å². The molecule has 2 heterocycles. The average molecular weight is 334 g/mol. The molecule has 4 nitrogen and oxygen atoms in total. The second-order valence-electron chi connectivity index (χ2n) is 6.51. The number of nitrogens with zero attached hydrogens (tertiary/aromatic N) is 2. The molecule has 3 rings (SSSR count). The Morgan fingerprint density at radius 2 is 1.83 bits per heavy atom. The first-order valence-electron chi connectivity index (χ1n) is 8.51. The topological polar surface area (TPSA) is 43.8 Å². The minimum Gasteiger partial charge on any atom is -0.480 e. The molecule has 2 saturated heterocycles. The van der Waals surface area contributed by atoms with E-state index in [1.54, 1.807) is 0 Å². The van der Waals surface area contributed by atoms with Crippen LogP contribution >= 0.6 is 11.8 Å². The zero-order chi connectivity index (χ0) is 16.2. The molecule has 2 fully saturated rings. The summed E-state index contributed by atoms with van der Waals surface area (Å²) in [6, 6.07) is 8.01. The molecule has 0 saturated carbocycles. The van der Waals surface area contributed by atoms with Crippen molar-refractivity contribution in [3.8, 4) is 0 Å². The van der Waals surface area contributed by atoms with Crippen LogP contribution in [0.2, 0.25) is 0 Å². The van der Waals surface area contributed by atoms with Crippen molar-refractivity contribution in [3.63, 3.8) is 0 Å². The number of carboxylic acid groups (broad SMARTS) is 1. The van der Waals surface area contributed by atoms with Crippen LogP contribution in [-0.4, -0.2) is 64.6 Å². The van der Waals surface area contributed by atoms with Gasteiger partial charge in [0.1, 0.15) is 6.04 Å². The monoisotopic (exact) mass is 334 g/mol. The quantitative estimate of drug-likeness (QED) is 0.917. The van der Waals surface area contributed by atoms with Crippen molar-refractivity contribution in [1.29, 1.82) is 0 Å². The third-order valence-electron chi connectivity index (χ3n) is 5.14. The number of aryl methyl sites for hydroxylation is 1. The van der Waals surface area contributed by atoms with E-state index in [1.807, 2.05) is 43.0 Å². The Hall–Kier alpha value is -1.04. The lowest BCUT2D eigenvalue weighted by atomic mass is 9.96. The molecule has 126 valence electrons. The highest BCUT2D eigenvalue weighted by Crippen LogP contribution is 2.29. The van der Waals surface area contributed by atoms with E-state index in [-0.39, 0.29) is 0 Å². The number of thioether (sulfide) groups is 1. The van der Waals surface area contributed by atoms with Crippen molar-refractivity contribution in [2.24, 2.45) is 0 Å². The number of piperidine rings is 1. The Labute approximate surface area is 142 Å². The van der Waals surface area contributed by atoms with Crippen molar-refractivity contribution in [3.05, 3.63) is 35.4 Å². The van der Waals surface area contributed by atoms with Crippen LogP contribution in [0.1, 0.15) is 30.0 Å². The van der Waals surface area contributed by atoms with Gasteiger partial charge in [0, 0.05) is 43.7 Å². The summed E-state index contributed by atoms with van der Waals surface area (Å²) in [6.45, 7) is 6.13. The number of carbonyl (C=O) groups is 1. The van der Waals surface area contributed by atoms with Gasteiger partial charge >= 0.3 is 5.97 Å². The van der Waals surface area contributed by atoms with E-state index in [4.69, 9.17) is 0 Å². The molecule has 2 aliphatic rings. The molecule has 1 atom stereocenters. The molecule has 0 amide bonds. The van der Waals surface area contributed by atoms with Crippen LogP contribution in [0, 0.1) is 6.92 Å². The average Bonchev–Trinajstić information content (AvgIpc) is 2.58. The molecule has 0 aromatic heterocycles. The zero-order valence-electron chi connectivity index (χ0n) is 13.8. The number of rotatable bonds is 4. The van der Waals surface area contributed by atoms with Crippen LogP contribution in [0.15, 0.2) is 24.3 Å². The summed E-state index contributed by atoms with van der Waals surface area (Å²) in [5, 5.41) is 9.76. The van der Waals surface area contributed by atoms with Gasteiger partial charge in [0.25, 0.3) is 0 Å². The van der Waals surface area contributed by atoms with Crippen LogP contribution in [0.25, 0.3) is 0 Å². The molecule has 0 bridgehead atoms. The number of hydrogen-bond donors (Lipinski definition) is 1. The highest BCUT2D eigenvalue weighted by molar-refractivity contribution is 7.99. The normalized spacial score (nSPS) is 22.8. The van der Waals surface area contributed by atoms with Crippen LogP contribution in [0.3, 0.4) is 0 Å². The third kappa shape index (κ3) is 3.90. The number of hydrogen-bond acceptors (Lipinski definition) is 4. The minimum absolute atomic E-state index is 0.505. The Morgan fingerprint density at radius 1 is 1.17 bits per heavy atom. The molecule has 2 aliphatic heterocycles. The van der Waals surface area contributed by atoms with E-state index < -0.39 is 12.0 Å². The maximum Gasteiger partial charge on any atom is 0.325 e. The van der Waals surface area contributed by atoms with E-state index in [0.29, 0.717) is 6.04 Å². The summed E-state index contributed by atoms with van der Waals surface area (Å²) in [6.07, 6.45) is 2.17. The maximum atomic E-state index is 11.9. The zero-order valence-corrected chi connectivity index (χ0v) is 14.6. The summed E-state index contributed by atoms with van der Waals surface area (Å²) in [5.74, 6) is 1.75. The van der Waals surface area contributed by atoms with Crippen LogP contribution < -0.4 is 0 Å². The van der Waals surface area contributed by atoms with Gasteiger partial charge in [0.05, 0.1) is 0 Å². The molecule has 1 aromatic carbocycles. The first-order chi connectivity index (χ1) is 11.2. The molecule has 0 radical (unpaired) electrons. The molecular formula is C18H26N2O2S. The van der Waals surface area contributed by atoms with E-state index in [2.05, 4.69) is 9.80 Å². The largest absolute Gasteiger partial charge is 0.480 e. The van der Waals surface area contributed by atoms with Gasteiger partial charge < -0.3 is 5.11 Å². The molecule has 23 heavy (non-hydrogen) atoms. The number of likely N-dealkylation sites (tertiary alicyclic amines) is 1. The molecule has 1 unspecified atom stereocenters. The number of carboxylic acids is 1. The molecule has 1 aromatic rings. The van der Waals surface area contributed by atoms with Gasteiger partial charge in [-0.05, 0) is 30.9 Å². The number of aliphatic carboxylic acids is 1. The minimum atomic E-state index is -0.730. The van der Waals surface area contributed by atoms with E-state index in [1.165, 1.54) is 24.6 Å². The fourth-order valence-corrected chi connectivity index (χ4v) is 4.76. The highest BCUT2D eigenvalue weighted by atomic mass is 32.2. The van der Waals surface area contributed by atoms with E-state index in [0.717, 1.165) is 37.1 Å². The van der Waals surface area contributed by atoms with Gasteiger partial charge in [0.2, 0.25) is 0 Å². The Bertz CT molecular complexity index is 538.